The lowest BCUT2D eigenvalue weighted by Gasteiger charge is -2.00. The SMILES string of the molecule is CC(C)C(=O)O.CC(C=O)c1ccccc1. The molecule has 0 heterocycles. The molecule has 1 N–H and O–H groups in total. The lowest BCUT2D eigenvalue weighted by Crippen LogP contribution is -2.03. The van der Waals surface area contributed by atoms with E-state index in [4.69, 9.17) is 5.11 Å². The van der Waals surface area contributed by atoms with Crippen LogP contribution in [0.15, 0.2) is 30.3 Å². The topological polar surface area (TPSA) is 54.4 Å². The Labute approximate surface area is 96.1 Å². The van der Waals surface area contributed by atoms with Gasteiger partial charge in [0.2, 0.25) is 0 Å². The van der Waals surface area contributed by atoms with Crippen LogP contribution in [0.4, 0.5) is 0 Å². The third-order valence-electron chi connectivity index (χ3n) is 2.02. The lowest BCUT2D eigenvalue weighted by atomic mass is 10.0. The van der Waals surface area contributed by atoms with Gasteiger partial charge in [-0.25, -0.2) is 0 Å². The Hall–Kier alpha value is -1.64. The van der Waals surface area contributed by atoms with Crippen molar-refractivity contribution in [3.8, 4) is 0 Å². The van der Waals surface area contributed by atoms with Gasteiger partial charge in [-0.15, -0.1) is 0 Å². The summed E-state index contributed by atoms with van der Waals surface area (Å²) in [5, 5.41) is 7.99. The maximum Gasteiger partial charge on any atom is 0.305 e. The fourth-order valence-electron chi connectivity index (χ4n) is 0.835. The molecule has 1 atom stereocenters. The highest BCUT2D eigenvalue weighted by Crippen LogP contribution is 2.10. The quantitative estimate of drug-likeness (QED) is 0.800. The van der Waals surface area contributed by atoms with Crippen molar-refractivity contribution >= 4 is 12.3 Å². The molecule has 3 nitrogen and oxygen atoms in total. The molecule has 0 bridgehead atoms. The van der Waals surface area contributed by atoms with Gasteiger partial charge in [-0.1, -0.05) is 51.1 Å². The highest BCUT2D eigenvalue weighted by molar-refractivity contribution is 5.68. The number of benzene rings is 1. The predicted octanol–water partition coefficient (Wildman–Crippen LogP) is 2.72. The molecule has 0 saturated carbocycles. The van der Waals surface area contributed by atoms with Crippen LogP contribution in [-0.4, -0.2) is 17.4 Å². The monoisotopic (exact) mass is 222 g/mol. The molecule has 0 amide bonds. The van der Waals surface area contributed by atoms with E-state index < -0.39 is 5.97 Å². The van der Waals surface area contributed by atoms with Crippen LogP contribution in [0.3, 0.4) is 0 Å². The van der Waals surface area contributed by atoms with E-state index in [2.05, 4.69) is 0 Å². The van der Waals surface area contributed by atoms with Gasteiger partial charge < -0.3 is 9.90 Å². The molecule has 0 aliphatic carbocycles. The van der Waals surface area contributed by atoms with E-state index in [-0.39, 0.29) is 11.8 Å². The Morgan fingerprint density at radius 3 is 1.94 bits per heavy atom. The predicted molar refractivity (Wildman–Crippen MR) is 63.4 cm³/mol. The minimum atomic E-state index is -0.741. The van der Waals surface area contributed by atoms with Crippen LogP contribution in [0.25, 0.3) is 0 Å². The highest BCUT2D eigenvalue weighted by Gasteiger charge is 2.00. The number of carboxylic acids is 1. The normalized spacial score (nSPS) is 11.2. The molecule has 1 aromatic rings. The number of carbonyl (C=O) groups excluding carboxylic acids is 1. The van der Waals surface area contributed by atoms with E-state index >= 15 is 0 Å². The van der Waals surface area contributed by atoms with Gasteiger partial charge in [-0.05, 0) is 5.56 Å². The van der Waals surface area contributed by atoms with Crippen LogP contribution in [0.2, 0.25) is 0 Å². The summed E-state index contributed by atoms with van der Waals surface area (Å²) in [5.41, 5.74) is 1.08. The lowest BCUT2D eigenvalue weighted by molar-refractivity contribution is -0.140. The van der Waals surface area contributed by atoms with Gasteiger partial charge in [0.25, 0.3) is 0 Å². The zero-order valence-corrected chi connectivity index (χ0v) is 9.88. The first-order chi connectivity index (χ1) is 7.49. The number of carboxylic acid groups (broad SMARTS) is 1. The van der Waals surface area contributed by atoms with Crippen LogP contribution in [0.1, 0.15) is 32.3 Å². The van der Waals surface area contributed by atoms with Crippen molar-refractivity contribution in [2.45, 2.75) is 26.7 Å². The van der Waals surface area contributed by atoms with Crippen molar-refractivity contribution in [1.29, 1.82) is 0 Å². The van der Waals surface area contributed by atoms with Crippen molar-refractivity contribution in [1.82, 2.24) is 0 Å². The number of aldehydes is 1. The van der Waals surface area contributed by atoms with Crippen LogP contribution in [0, 0.1) is 5.92 Å². The second kappa shape index (κ2) is 7.63. The van der Waals surface area contributed by atoms with E-state index in [1.165, 1.54) is 0 Å². The van der Waals surface area contributed by atoms with Crippen molar-refractivity contribution < 1.29 is 14.7 Å². The average Bonchev–Trinajstić information content (AvgIpc) is 2.30. The Morgan fingerprint density at radius 1 is 1.19 bits per heavy atom. The summed E-state index contributed by atoms with van der Waals surface area (Å²) >= 11 is 0. The van der Waals surface area contributed by atoms with Crippen LogP contribution in [0.5, 0.6) is 0 Å². The number of rotatable bonds is 3. The fraction of sp³-hybridized carbons (Fsp3) is 0.385. The minimum absolute atomic E-state index is 0.0289. The van der Waals surface area contributed by atoms with Gasteiger partial charge in [-0.3, -0.25) is 4.79 Å². The smallest absolute Gasteiger partial charge is 0.305 e. The molecule has 0 radical (unpaired) electrons. The zero-order valence-electron chi connectivity index (χ0n) is 9.88. The second-order valence-corrected chi connectivity index (χ2v) is 3.83. The third kappa shape index (κ3) is 5.96. The maximum atomic E-state index is 10.3. The molecule has 0 spiro atoms. The summed E-state index contributed by atoms with van der Waals surface area (Å²) < 4.78 is 0. The summed E-state index contributed by atoms with van der Waals surface area (Å²) in [6.45, 7) is 5.17. The summed E-state index contributed by atoms with van der Waals surface area (Å²) in [6, 6.07) is 9.74. The first-order valence-corrected chi connectivity index (χ1v) is 5.22. The number of aliphatic carboxylic acids is 1. The van der Waals surface area contributed by atoms with Gasteiger partial charge in [0.1, 0.15) is 6.29 Å². The molecule has 1 aromatic carbocycles. The molecule has 0 aromatic heterocycles. The molecule has 1 unspecified atom stereocenters. The van der Waals surface area contributed by atoms with Crippen molar-refractivity contribution in [3.63, 3.8) is 0 Å². The summed E-state index contributed by atoms with van der Waals surface area (Å²) in [5.74, 6) is -0.943. The zero-order chi connectivity index (χ0) is 12.6. The van der Waals surface area contributed by atoms with Crippen LogP contribution < -0.4 is 0 Å². The molecule has 3 heteroatoms. The van der Waals surface area contributed by atoms with E-state index in [0.717, 1.165) is 11.8 Å². The highest BCUT2D eigenvalue weighted by atomic mass is 16.4. The van der Waals surface area contributed by atoms with Crippen LogP contribution >= 0.6 is 0 Å². The molecule has 0 fully saturated rings. The third-order valence-corrected chi connectivity index (χ3v) is 2.02. The molecule has 0 aliphatic heterocycles. The van der Waals surface area contributed by atoms with E-state index in [9.17, 15) is 9.59 Å². The van der Waals surface area contributed by atoms with Gasteiger partial charge in [-0.2, -0.15) is 0 Å². The van der Waals surface area contributed by atoms with Crippen molar-refractivity contribution in [2.75, 3.05) is 0 Å². The Morgan fingerprint density at radius 2 is 1.62 bits per heavy atom. The van der Waals surface area contributed by atoms with Crippen molar-refractivity contribution in [2.24, 2.45) is 5.92 Å². The first-order valence-electron chi connectivity index (χ1n) is 5.22. The van der Waals surface area contributed by atoms with Crippen LogP contribution in [-0.2, 0) is 9.59 Å². The molecule has 0 aliphatic rings. The number of hydrogen-bond acceptors (Lipinski definition) is 2. The molecule has 1 rings (SSSR count). The number of hydrogen-bond donors (Lipinski definition) is 1. The van der Waals surface area contributed by atoms with E-state index in [1.54, 1.807) is 13.8 Å². The minimum Gasteiger partial charge on any atom is -0.481 e. The Kier molecular flexibility index (Phi) is 6.84. The van der Waals surface area contributed by atoms with Gasteiger partial charge >= 0.3 is 5.97 Å². The molecular formula is C13H18O3. The van der Waals surface area contributed by atoms with Gasteiger partial charge in [0, 0.05) is 5.92 Å². The average molecular weight is 222 g/mol. The first kappa shape index (κ1) is 14.4. The molecule has 16 heavy (non-hydrogen) atoms. The summed E-state index contributed by atoms with van der Waals surface area (Å²) in [4.78, 5) is 20.0. The Balaban J connectivity index is 0.000000325. The maximum absolute atomic E-state index is 10.3. The van der Waals surface area contributed by atoms with E-state index in [0.29, 0.717) is 0 Å². The second-order valence-electron chi connectivity index (χ2n) is 3.83. The summed E-state index contributed by atoms with van der Waals surface area (Å²) in [6.07, 6.45) is 0.954. The largest absolute Gasteiger partial charge is 0.481 e. The number of carbonyl (C=O) groups is 2. The molecular weight excluding hydrogens is 204 g/mol. The van der Waals surface area contributed by atoms with Gasteiger partial charge in [0.05, 0.1) is 5.92 Å². The molecule has 0 saturated heterocycles. The Bertz CT molecular complexity index is 317. The molecule has 88 valence electrons. The fourth-order valence-corrected chi connectivity index (χ4v) is 0.835. The van der Waals surface area contributed by atoms with Gasteiger partial charge in [0.15, 0.2) is 0 Å². The summed E-state index contributed by atoms with van der Waals surface area (Å²) in [7, 11) is 0. The van der Waals surface area contributed by atoms with E-state index in [1.807, 2.05) is 37.3 Å². The van der Waals surface area contributed by atoms with Crippen molar-refractivity contribution in [3.05, 3.63) is 35.9 Å². The standard InChI is InChI=1S/C9H10O.C4H8O2/c1-8(7-10)9-5-3-2-4-6-9;1-3(2)4(5)6/h2-8H,1H3;3H,1-2H3,(H,5,6).